The smallest absolute Gasteiger partial charge is 0.141 e. The van der Waals surface area contributed by atoms with E-state index in [-0.39, 0.29) is 0 Å². The van der Waals surface area contributed by atoms with Gasteiger partial charge in [-0.15, -0.1) is 0 Å². The van der Waals surface area contributed by atoms with E-state index in [0.29, 0.717) is 0 Å². The summed E-state index contributed by atoms with van der Waals surface area (Å²) in [6.07, 6.45) is 6.88. The van der Waals surface area contributed by atoms with Crippen molar-refractivity contribution >= 4 is 22.9 Å². The third kappa shape index (κ3) is 2.06. The van der Waals surface area contributed by atoms with Crippen LogP contribution in [0, 0.1) is 0 Å². The molecule has 0 aliphatic heterocycles. The zero-order valence-electron chi connectivity index (χ0n) is 9.54. The Morgan fingerprint density at radius 3 is 3.00 bits per heavy atom. The molecule has 2 N–H and O–H groups in total. The van der Waals surface area contributed by atoms with Gasteiger partial charge in [0.1, 0.15) is 12.0 Å². The number of nitrogens with zero attached hydrogens (tertiary/aromatic N) is 3. The number of anilines is 1. The minimum Gasteiger partial charge on any atom is -0.345 e. The van der Waals surface area contributed by atoms with Crippen LogP contribution in [0.15, 0.2) is 54.2 Å². The number of nitrogens with one attached hydrogen (secondary N) is 2. The van der Waals surface area contributed by atoms with Gasteiger partial charge in [-0.05, 0) is 12.1 Å². The highest BCUT2D eigenvalue weighted by molar-refractivity contribution is 5.97. The number of aromatic amines is 1. The summed E-state index contributed by atoms with van der Waals surface area (Å²) in [4.78, 5) is 11.2. The molecule has 5 nitrogen and oxygen atoms in total. The number of hydrazone groups is 1. The Morgan fingerprint density at radius 2 is 2.11 bits per heavy atom. The van der Waals surface area contributed by atoms with Gasteiger partial charge < -0.3 is 4.98 Å². The molecule has 5 heteroatoms. The fourth-order valence-corrected chi connectivity index (χ4v) is 1.68. The standard InChI is InChI=1S/C13H11N5/c1-2-4-11(5-3-1)18-17-7-10-6-15-13-12(10)8-14-9-16-13/h1-9,18H,(H,14,15,16)/b17-7+. The SMILES string of the molecule is C(=N\Nc1ccccc1)/c1c[nH]c2ncncc12. The lowest BCUT2D eigenvalue weighted by Crippen LogP contribution is -1.89. The maximum atomic E-state index is 4.18. The molecule has 0 saturated heterocycles. The maximum Gasteiger partial charge on any atom is 0.141 e. The molecule has 0 fully saturated rings. The summed E-state index contributed by atoms with van der Waals surface area (Å²) in [5.74, 6) is 0. The van der Waals surface area contributed by atoms with Gasteiger partial charge in [0.25, 0.3) is 0 Å². The highest BCUT2D eigenvalue weighted by Gasteiger charge is 2.01. The van der Waals surface area contributed by atoms with Crippen molar-refractivity contribution in [1.29, 1.82) is 0 Å². The summed E-state index contributed by atoms with van der Waals surface area (Å²) in [6, 6.07) is 9.78. The second kappa shape index (κ2) is 4.67. The topological polar surface area (TPSA) is 66.0 Å². The van der Waals surface area contributed by atoms with E-state index in [9.17, 15) is 0 Å². The van der Waals surface area contributed by atoms with Gasteiger partial charge in [0, 0.05) is 23.3 Å². The van der Waals surface area contributed by atoms with Gasteiger partial charge in [0.15, 0.2) is 0 Å². The molecule has 0 spiro atoms. The van der Waals surface area contributed by atoms with Crippen LogP contribution in [-0.2, 0) is 0 Å². The molecule has 0 aliphatic rings. The molecule has 1 aromatic carbocycles. The monoisotopic (exact) mass is 237 g/mol. The number of H-pyrrole nitrogens is 1. The minimum atomic E-state index is 0.811. The summed E-state index contributed by atoms with van der Waals surface area (Å²) in [7, 11) is 0. The third-order valence-corrected chi connectivity index (χ3v) is 2.56. The van der Waals surface area contributed by atoms with Gasteiger partial charge in [-0.3, -0.25) is 5.43 Å². The average molecular weight is 237 g/mol. The van der Waals surface area contributed by atoms with Crippen LogP contribution in [0.5, 0.6) is 0 Å². The first-order valence-corrected chi connectivity index (χ1v) is 5.55. The predicted octanol–water partition coefficient (Wildman–Crippen LogP) is 2.40. The second-order valence-corrected chi connectivity index (χ2v) is 3.77. The number of fused-ring (bicyclic) bond motifs is 1. The molecular formula is C13H11N5. The first-order chi connectivity index (χ1) is 8.93. The normalized spacial score (nSPS) is 11.1. The number of para-hydroxylation sites is 1. The first-order valence-electron chi connectivity index (χ1n) is 5.55. The van der Waals surface area contributed by atoms with Crippen molar-refractivity contribution in [1.82, 2.24) is 15.0 Å². The van der Waals surface area contributed by atoms with Crippen LogP contribution in [0.4, 0.5) is 5.69 Å². The van der Waals surface area contributed by atoms with Gasteiger partial charge in [-0.25, -0.2) is 9.97 Å². The quantitative estimate of drug-likeness (QED) is 0.543. The van der Waals surface area contributed by atoms with Crippen LogP contribution in [0.25, 0.3) is 11.0 Å². The van der Waals surface area contributed by atoms with Gasteiger partial charge in [0.2, 0.25) is 0 Å². The van der Waals surface area contributed by atoms with E-state index in [1.807, 2.05) is 36.5 Å². The highest BCUT2D eigenvalue weighted by Crippen LogP contribution is 2.12. The summed E-state index contributed by atoms with van der Waals surface area (Å²) >= 11 is 0. The van der Waals surface area contributed by atoms with Crippen molar-refractivity contribution in [2.75, 3.05) is 5.43 Å². The molecule has 2 aromatic heterocycles. The lowest BCUT2D eigenvalue weighted by Gasteiger charge is -1.97. The van der Waals surface area contributed by atoms with Crippen LogP contribution in [0.1, 0.15) is 5.56 Å². The number of rotatable bonds is 3. The summed E-state index contributed by atoms with van der Waals surface area (Å²) in [5, 5.41) is 5.14. The number of hydrogen-bond donors (Lipinski definition) is 2. The van der Waals surface area contributed by atoms with E-state index >= 15 is 0 Å². The molecule has 2 heterocycles. The number of aromatic nitrogens is 3. The van der Waals surface area contributed by atoms with Crippen LogP contribution in [0.2, 0.25) is 0 Å². The molecule has 0 aliphatic carbocycles. The fourth-order valence-electron chi connectivity index (χ4n) is 1.68. The molecule has 18 heavy (non-hydrogen) atoms. The van der Waals surface area contributed by atoms with E-state index in [0.717, 1.165) is 22.3 Å². The molecule has 0 saturated carbocycles. The second-order valence-electron chi connectivity index (χ2n) is 3.77. The molecule has 0 amide bonds. The molecule has 0 radical (unpaired) electrons. The van der Waals surface area contributed by atoms with Gasteiger partial charge >= 0.3 is 0 Å². The van der Waals surface area contributed by atoms with E-state index in [1.165, 1.54) is 6.33 Å². The van der Waals surface area contributed by atoms with Gasteiger partial charge in [-0.1, -0.05) is 18.2 Å². The first kappa shape index (κ1) is 10.5. The fraction of sp³-hybridized carbons (Fsp3) is 0. The highest BCUT2D eigenvalue weighted by atomic mass is 15.3. The van der Waals surface area contributed by atoms with Crippen molar-refractivity contribution in [3.05, 3.63) is 54.6 Å². The van der Waals surface area contributed by atoms with Crippen molar-refractivity contribution in [3.8, 4) is 0 Å². The maximum absolute atomic E-state index is 4.18. The van der Waals surface area contributed by atoms with Crippen LogP contribution in [-0.4, -0.2) is 21.2 Å². The Balaban J connectivity index is 1.80. The lowest BCUT2D eigenvalue weighted by atomic mass is 10.3. The summed E-state index contributed by atoms with van der Waals surface area (Å²) in [6.45, 7) is 0. The summed E-state index contributed by atoms with van der Waals surface area (Å²) in [5.41, 5.74) is 5.68. The lowest BCUT2D eigenvalue weighted by molar-refractivity contribution is 1.20. The van der Waals surface area contributed by atoms with Crippen LogP contribution in [0.3, 0.4) is 0 Å². The van der Waals surface area contributed by atoms with Crippen molar-refractivity contribution < 1.29 is 0 Å². The molecule has 3 aromatic rings. The Bertz CT molecular complexity index is 672. The summed E-state index contributed by atoms with van der Waals surface area (Å²) < 4.78 is 0. The largest absolute Gasteiger partial charge is 0.345 e. The van der Waals surface area contributed by atoms with Crippen molar-refractivity contribution in [2.24, 2.45) is 5.10 Å². The van der Waals surface area contributed by atoms with Gasteiger partial charge in [0.05, 0.1) is 11.9 Å². The number of benzene rings is 1. The Labute approximate surface area is 104 Å². The molecule has 3 rings (SSSR count). The van der Waals surface area contributed by atoms with E-state index < -0.39 is 0 Å². The van der Waals surface area contributed by atoms with Crippen molar-refractivity contribution in [3.63, 3.8) is 0 Å². The molecule has 0 atom stereocenters. The molecule has 0 unspecified atom stereocenters. The van der Waals surface area contributed by atoms with Crippen LogP contribution >= 0.6 is 0 Å². The van der Waals surface area contributed by atoms with E-state index in [2.05, 4.69) is 25.5 Å². The minimum absolute atomic E-state index is 0.811. The molecule has 0 bridgehead atoms. The zero-order chi connectivity index (χ0) is 12.2. The zero-order valence-corrected chi connectivity index (χ0v) is 9.54. The van der Waals surface area contributed by atoms with E-state index in [4.69, 9.17) is 0 Å². The van der Waals surface area contributed by atoms with E-state index in [1.54, 1.807) is 12.4 Å². The van der Waals surface area contributed by atoms with Crippen LogP contribution < -0.4 is 5.43 Å². The molecule has 88 valence electrons. The Hall–Kier alpha value is -2.69. The Morgan fingerprint density at radius 1 is 1.22 bits per heavy atom. The third-order valence-electron chi connectivity index (χ3n) is 2.56. The van der Waals surface area contributed by atoms with Crippen molar-refractivity contribution in [2.45, 2.75) is 0 Å². The number of hydrogen-bond acceptors (Lipinski definition) is 4. The average Bonchev–Trinajstić information content (AvgIpc) is 2.84. The predicted molar refractivity (Wildman–Crippen MR) is 71.5 cm³/mol. The van der Waals surface area contributed by atoms with Gasteiger partial charge in [-0.2, -0.15) is 5.10 Å². The molecular weight excluding hydrogens is 226 g/mol. The Kier molecular flexibility index (Phi) is 2.71.